The molecule has 0 bridgehead atoms. The first kappa shape index (κ1) is 13.4. The van der Waals surface area contributed by atoms with Gasteiger partial charge in [-0.15, -0.1) is 0 Å². The second kappa shape index (κ2) is 6.21. The normalized spacial score (nSPS) is 10.1. The minimum absolute atomic E-state index is 0.161. The maximum absolute atomic E-state index is 11.3. The van der Waals surface area contributed by atoms with E-state index < -0.39 is 0 Å². The molecular weight excluding hydrogens is 260 g/mol. The number of para-hydroxylation sites is 1. The lowest BCUT2D eigenvalue weighted by atomic mass is 10.2. The van der Waals surface area contributed by atoms with E-state index in [1.807, 2.05) is 24.3 Å². The van der Waals surface area contributed by atoms with E-state index in [4.69, 9.17) is 10.00 Å². The summed E-state index contributed by atoms with van der Waals surface area (Å²) in [6.45, 7) is 2.12. The van der Waals surface area contributed by atoms with E-state index in [9.17, 15) is 4.79 Å². The summed E-state index contributed by atoms with van der Waals surface area (Å²) in [4.78, 5) is 15.7. The van der Waals surface area contributed by atoms with Gasteiger partial charge in [-0.3, -0.25) is 4.79 Å². The third-order valence-corrected chi connectivity index (χ3v) is 3.41. The number of hydrogen-bond donors (Lipinski definition) is 0. The Hall–Kier alpha value is -2.06. The second-order valence-electron chi connectivity index (χ2n) is 3.74. The molecule has 0 atom stereocenters. The topological polar surface area (TPSA) is 63.0 Å². The Balaban J connectivity index is 2.26. The largest absolute Gasteiger partial charge is 0.465 e. The molecule has 0 radical (unpaired) electrons. The average Bonchev–Trinajstić information content (AvgIpc) is 2.44. The second-order valence-corrected chi connectivity index (χ2v) is 4.70. The lowest BCUT2D eigenvalue weighted by Gasteiger charge is -2.05. The predicted molar refractivity (Wildman–Crippen MR) is 73.8 cm³/mol. The number of rotatable bonds is 4. The quantitative estimate of drug-likeness (QED) is 0.632. The Morgan fingerprint density at radius 3 is 3.00 bits per heavy atom. The molecule has 0 aliphatic heterocycles. The number of fused-ring (bicyclic) bond motifs is 1. The van der Waals surface area contributed by atoms with E-state index >= 15 is 0 Å². The molecule has 0 aliphatic carbocycles. The fraction of sp³-hybridized carbons (Fsp3) is 0.214. The molecule has 0 amide bonds. The van der Waals surface area contributed by atoms with Crippen molar-refractivity contribution in [2.75, 3.05) is 12.4 Å². The monoisotopic (exact) mass is 272 g/mol. The lowest BCUT2D eigenvalue weighted by molar-refractivity contribution is -0.139. The number of hydrogen-bond acceptors (Lipinski definition) is 5. The van der Waals surface area contributed by atoms with Crippen molar-refractivity contribution in [2.24, 2.45) is 0 Å². The molecule has 1 aromatic carbocycles. The zero-order chi connectivity index (χ0) is 13.7. The number of pyridine rings is 1. The number of carbonyl (C=O) groups is 1. The van der Waals surface area contributed by atoms with Crippen LogP contribution in [-0.4, -0.2) is 23.3 Å². The van der Waals surface area contributed by atoms with Crippen LogP contribution in [0.25, 0.3) is 10.9 Å². The van der Waals surface area contributed by atoms with Crippen molar-refractivity contribution in [3.8, 4) is 6.07 Å². The summed E-state index contributed by atoms with van der Waals surface area (Å²) in [5, 5.41) is 10.6. The van der Waals surface area contributed by atoms with Gasteiger partial charge in [0.2, 0.25) is 0 Å². The molecule has 4 nitrogen and oxygen atoms in total. The van der Waals surface area contributed by atoms with Crippen LogP contribution in [-0.2, 0) is 9.53 Å². The van der Waals surface area contributed by atoms with Gasteiger partial charge in [0.15, 0.2) is 0 Å². The Morgan fingerprint density at radius 2 is 2.26 bits per heavy atom. The summed E-state index contributed by atoms with van der Waals surface area (Å²) in [6, 6.07) is 11.5. The zero-order valence-corrected chi connectivity index (χ0v) is 11.2. The number of nitrogens with zero attached hydrogens (tertiary/aromatic N) is 2. The van der Waals surface area contributed by atoms with Gasteiger partial charge in [0.05, 0.1) is 23.4 Å². The van der Waals surface area contributed by atoms with Crippen molar-refractivity contribution in [3.05, 3.63) is 35.9 Å². The van der Waals surface area contributed by atoms with Crippen LogP contribution in [0.15, 0.2) is 35.4 Å². The molecule has 0 fully saturated rings. The summed E-state index contributed by atoms with van der Waals surface area (Å²) >= 11 is 1.23. The minimum atomic E-state index is -0.300. The number of benzene rings is 1. The molecule has 0 unspecified atom stereocenters. The van der Waals surface area contributed by atoms with Crippen molar-refractivity contribution < 1.29 is 9.53 Å². The van der Waals surface area contributed by atoms with Gasteiger partial charge in [-0.25, -0.2) is 4.98 Å². The molecule has 1 heterocycles. The van der Waals surface area contributed by atoms with Crippen molar-refractivity contribution in [3.63, 3.8) is 0 Å². The highest BCUT2D eigenvalue weighted by Crippen LogP contribution is 2.24. The molecule has 0 saturated heterocycles. The number of ether oxygens (including phenoxy) is 1. The van der Waals surface area contributed by atoms with Gasteiger partial charge < -0.3 is 4.74 Å². The molecule has 0 spiro atoms. The first-order valence-corrected chi connectivity index (χ1v) is 6.81. The van der Waals surface area contributed by atoms with Crippen LogP contribution in [0.2, 0.25) is 0 Å². The molecule has 1 aromatic heterocycles. The van der Waals surface area contributed by atoms with Crippen molar-refractivity contribution in [2.45, 2.75) is 11.9 Å². The van der Waals surface area contributed by atoms with E-state index in [0.29, 0.717) is 17.2 Å². The van der Waals surface area contributed by atoms with Gasteiger partial charge in [-0.1, -0.05) is 30.0 Å². The Bertz CT molecular complexity index is 649. The molecule has 0 saturated carbocycles. The van der Waals surface area contributed by atoms with Crippen LogP contribution in [0.5, 0.6) is 0 Å². The number of aromatic nitrogens is 1. The summed E-state index contributed by atoms with van der Waals surface area (Å²) in [7, 11) is 0. The van der Waals surface area contributed by atoms with Crippen LogP contribution in [0.3, 0.4) is 0 Å². The van der Waals surface area contributed by atoms with Crippen LogP contribution < -0.4 is 0 Å². The van der Waals surface area contributed by atoms with Crippen LogP contribution in [0, 0.1) is 11.3 Å². The van der Waals surface area contributed by atoms with Gasteiger partial charge >= 0.3 is 5.97 Å². The molecule has 2 rings (SSSR count). The fourth-order valence-electron chi connectivity index (χ4n) is 1.62. The standard InChI is InChI=1S/C14H12N2O2S/c1-2-18-13(17)9-19-14-11(8-15)7-10-5-3-4-6-12(10)16-14/h3-7H,2,9H2,1H3. The highest BCUT2D eigenvalue weighted by atomic mass is 32.2. The number of nitriles is 1. The van der Waals surface area contributed by atoms with Crippen LogP contribution >= 0.6 is 11.8 Å². The third-order valence-electron chi connectivity index (χ3n) is 2.44. The number of thioether (sulfide) groups is 1. The molecule has 5 heteroatoms. The maximum atomic E-state index is 11.3. The van der Waals surface area contributed by atoms with E-state index in [-0.39, 0.29) is 11.7 Å². The Kier molecular flexibility index (Phi) is 4.37. The lowest BCUT2D eigenvalue weighted by Crippen LogP contribution is -2.07. The molecule has 0 aliphatic rings. The van der Waals surface area contributed by atoms with Gasteiger partial charge in [-0.05, 0) is 19.1 Å². The van der Waals surface area contributed by atoms with E-state index in [1.54, 1.807) is 13.0 Å². The summed E-state index contributed by atoms with van der Waals surface area (Å²) in [6.07, 6.45) is 0. The fourth-order valence-corrected chi connectivity index (χ4v) is 2.38. The maximum Gasteiger partial charge on any atom is 0.316 e. The summed E-state index contributed by atoms with van der Waals surface area (Å²) < 4.78 is 4.85. The smallest absolute Gasteiger partial charge is 0.316 e. The molecule has 96 valence electrons. The van der Waals surface area contributed by atoms with Crippen molar-refractivity contribution >= 4 is 28.6 Å². The van der Waals surface area contributed by atoms with Crippen molar-refractivity contribution in [1.29, 1.82) is 5.26 Å². The summed E-state index contributed by atoms with van der Waals surface area (Å²) in [5.74, 6) is -0.139. The first-order chi connectivity index (χ1) is 9.24. The Morgan fingerprint density at radius 1 is 1.47 bits per heavy atom. The van der Waals surface area contributed by atoms with E-state index in [0.717, 1.165) is 10.9 Å². The van der Waals surface area contributed by atoms with E-state index in [2.05, 4.69) is 11.1 Å². The number of esters is 1. The van der Waals surface area contributed by atoms with Gasteiger partial charge in [0.25, 0.3) is 0 Å². The van der Waals surface area contributed by atoms with Gasteiger partial charge in [0.1, 0.15) is 11.1 Å². The SMILES string of the molecule is CCOC(=O)CSc1nc2ccccc2cc1C#N. The highest BCUT2D eigenvalue weighted by Gasteiger charge is 2.10. The molecule has 19 heavy (non-hydrogen) atoms. The molecule has 2 aromatic rings. The predicted octanol–water partition coefficient (Wildman–Crippen LogP) is 2.76. The number of carbonyl (C=O) groups excluding carboxylic acids is 1. The highest BCUT2D eigenvalue weighted by molar-refractivity contribution is 7.99. The van der Waals surface area contributed by atoms with E-state index in [1.165, 1.54) is 11.8 Å². The minimum Gasteiger partial charge on any atom is -0.465 e. The first-order valence-electron chi connectivity index (χ1n) is 5.83. The van der Waals surface area contributed by atoms with Crippen LogP contribution in [0.4, 0.5) is 0 Å². The van der Waals surface area contributed by atoms with Crippen molar-refractivity contribution in [1.82, 2.24) is 4.98 Å². The average molecular weight is 272 g/mol. The zero-order valence-electron chi connectivity index (χ0n) is 10.4. The Labute approximate surface area is 115 Å². The van der Waals surface area contributed by atoms with Gasteiger partial charge in [-0.2, -0.15) is 5.26 Å². The third kappa shape index (κ3) is 3.24. The molecular formula is C14H12N2O2S. The summed E-state index contributed by atoms with van der Waals surface area (Å²) in [5.41, 5.74) is 1.29. The van der Waals surface area contributed by atoms with Crippen LogP contribution in [0.1, 0.15) is 12.5 Å². The van der Waals surface area contributed by atoms with Gasteiger partial charge in [0, 0.05) is 5.39 Å². The molecule has 0 N–H and O–H groups in total.